The molecular formula is C32H42F2O7. The Morgan fingerprint density at radius 3 is 2.32 bits per heavy atom. The van der Waals surface area contributed by atoms with Crippen LogP contribution in [-0.2, 0) is 19.1 Å². The number of carbonyl (C=O) groups is 3. The molecule has 0 radical (unpaired) electrons. The van der Waals surface area contributed by atoms with Crippen LogP contribution >= 0.6 is 0 Å². The Bertz CT molecular complexity index is 1280. The SMILES string of the molecule is C[C@@H]1C[C@H]2[C@@H]3C[C@H](F)C4=CC(=O)C=C[C@]4(C)C3(F)[C@@H](O)C[C@]2(C)[C@]1(OC(=O)O[C@H]1C[C@H]2CC[C@]1(C)C2(C)C)C(=O)O. The van der Waals surface area contributed by atoms with E-state index in [9.17, 15) is 24.6 Å². The molecule has 0 saturated heterocycles. The van der Waals surface area contributed by atoms with Crippen LogP contribution in [0, 0.1) is 45.3 Å². The first-order chi connectivity index (χ1) is 18.9. The zero-order chi connectivity index (χ0) is 30.1. The van der Waals surface area contributed by atoms with Crippen molar-refractivity contribution in [2.75, 3.05) is 0 Å². The number of carboxylic acid groups (broad SMARTS) is 1. The Kier molecular flexibility index (Phi) is 5.91. The molecule has 12 atom stereocenters. The van der Waals surface area contributed by atoms with Gasteiger partial charge in [-0.05, 0) is 80.4 Å². The van der Waals surface area contributed by atoms with E-state index in [0.29, 0.717) is 12.3 Å². The van der Waals surface area contributed by atoms with Gasteiger partial charge in [-0.3, -0.25) is 4.79 Å². The molecule has 6 aliphatic carbocycles. The van der Waals surface area contributed by atoms with Crippen LogP contribution in [0.1, 0.15) is 80.1 Å². The third-order valence-corrected chi connectivity index (χ3v) is 13.7. The summed E-state index contributed by atoms with van der Waals surface area (Å²) < 4.78 is 45.0. The predicted molar refractivity (Wildman–Crippen MR) is 144 cm³/mol. The van der Waals surface area contributed by atoms with E-state index in [4.69, 9.17) is 9.47 Å². The summed E-state index contributed by atoms with van der Waals surface area (Å²) in [4.78, 5) is 38.7. The standard InChI is InChI=1S/C32H42F2O7/c1-16-11-19-20-14-22(33)21-13-18(35)8-10-28(21,4)31(20,34)23(36)15-30(19,6)32(16,25(37)38)41-26(39)40-24-12-17-7-9-29(24,5)27(17,2)3/h8,10,13,16-17,19-20,22-24,36H,7,9,11-12,14-15H2,1-6H3,(H,37,38)/t16-,17-,19+,20+,22+,23+,24+,28+,29+,30+,31?,32-/m1/s1. The quantitative estimate of drug-likeness (QED) is 0.412. The summed E-state index contributed by atoms with van der Waals surface area (Å²) in [5, 5.41) is 22.3. The molecule has 0 amide bonds. The van der Waals surface area contributed by atoms with Gasteiger partial charge in [-0.1, -0.05) is 40.7 Å². The van der Waals surface area contributed by atoms with Crippen LogP contribution in [0.5, 0.6) is 0 Å². The number of halogens is 2. The predicted octanol–water partition coefficient (Wildman–Crippen LogP) is 5.74. The zero-order valence-electron chi connectivity index (χ0n) is 24.7. The summed E-state index contributed by atoms with van der Waals surface area (Å²) in [6, 6.07) is 0. The highest BCUT2D eigenvalue weighted by atomic mass is 19.1. The molecule has 0 aromatic rings. The molecule has 41 heavy (non-hydrogen) atoms. The van der Waals surface area contributed by atoms with Gasteiger partial charge in [-0.2, -0.15) is 0 Å². The number of aliphatic hydroxyl groups is 1. The molecule has 1 unspecified atom stereocenters. The number of carbonyl (C=O) groups excluding carboxylic acids is 2. The highest BCUT2D eigenvalue weighted by Gasteiger charge is 2.79. The largest absolute Gasteiger partial charge is 0.509 e. The van der Waals surface area contributed by atoms with E-state index in [0.717, 1.165) is 18.9 Å². The lowest BCUT2D eigenvalue weighted by Crippen LogP contribution is -2.71. The van der Waals surface area contributed by atoms with Crippen molar-refractivity contribution in [1.29, 1.82) is 0 Å². The van der Waals surface area contributed by atoms with Crippen molar-refractivity contribution >= 4 is 17.9 Å². The van der Waals surface area contributed by atoms with Gasteiger partial charge in [-0.15, -0.1) is 0 Å². The van der Waals surface area contributed by atoms with Gasteiger partial charge >= 0.3 is 12.1 Å². The Morgan fingerprint density at radius 2 is 1.73 bits per heavy atom. The Hall–Kier alpha value is -2.29. The third-order valence-electron chi connectivity index (χ3n) is 13.7. The molecule has 0 spiro atoms. The number of ketones is 1. The number of aliphatic carboxylic acids is 1. The Labute approximate surface area is 239 Å². The second kappa shape index (κ2) is 8.42. The molecule has 5 saturated carbocycles. The highest BCUT2D eigenvalue weighted by molar-refractivity contribution is 6.01. The number of aliphatic hydroxyl groups excluding tert-OH is 1. The molecule has 6 aliphatic rings. The van der Waals surface area contributed by atoms with Crippen molar-refractivity contribution < 1.29 is 42.9 Å². The monoisotopic (exact) mass is 576 g/mol. The lowest BCUT2D eigenvalue weighted by atomic mass is 9.44. The third kappa shape index (κ3) is 3.19. The van der Waals surface area contributed by atoms with E-state index in [1.54, 1.807) is 13.8 Å². The van der Waals surface area contributed by atoms with Crippen LogP contribution in [0.4, 0.5) is 13.6 Å². The van der Waals surface area contributed by atoms with Crippen LogP contribution in [-0.4, -0.2) is 57.8 Å². The molecule has 5 fully saturated rings. The lowest BCUT2D eigenvalue weighted by molar-refractivity contribution is -0.232. The first-order valence-electron chi connectivity index (χ1n) is 15.0. The summed E-state index contributed by atoms with van der Waals surface area (Å²) in [5.41, 5.74) is -7.73. The normalized spacial score (nSPS) is 52.8. The number of fused-ring (bicyclic) bond motifs is 7. The number of hydrogen-bond acceptors (Lipinski definition) is 6. The highest BCUT2D eigenvalue weighted by Crippen LogP contribution is 2.72. The minimum Gasteiger partial charge on any atom is -0.478 e. The van der Waals surface area contributed by atoms with E-state index < -0.39 is 76.1 Å². The van der Waals surface area contributed by atoms with Gasteiger partial charge in [0.05, 0.1) is 6.10 Å². The first kappa shape index (κ1) is 28.8. The second-order valence-electron chi connectivity index (χ2n) is 15.1. The molecule has 0 aromatic heterocycles. The van der Waals surface area contributed by atoms with E-state index in [-0.39, 0.29) is 35.7 Å². The molecule has 6 rings (SSSR count). The fraction of sp³-hybridized carbons (Fsp3) is 0.781. The van der Waals surface area contributed by atoms with Crippen molar-refractivity contribution in [2.45, 2.75) is 110 Å². The summed E-state index contributed by atoms with van der Waals surface area (Å²) in [5.74, 6) is -3.96. The maximum absolute atomic E-state index is 17.5. The topological polar surface area (TPSA) is 110 Å². The second-order valence-corrected chi connectivity index (χ2v) is 15.1. The van der Waals surface area contributed by atoms with Gasteiger partial charge in [0.1, 0.15) is 12.3 Å². The minimum absolute atomic E-state index is 0.00375. The van der Waals surface area contributed by atoms with Crippen LogP contribution in [0.2, 0.25) is 0 Å². The minimum atomic E-state index is -2.35. The molecule has 9 heteroatoms. The van der Waals surface area contributed by atoms with E-state index in [1.165, 1.54) is 19.1 Å². The van der Waals surface area contributed by atoms with Gasteiger partial charge < -0.3 is 19.7 Å². The molecule has 2 N–H and O–H groups in total. The van der Waals surface area contributed by atoms with Crippen LogP contribution in [0.25, 0.3) is 0 Å². The van der Waals surface area contributed by atoms with Gasteiger partial charge in [-0.25, -0.2) is 18.4 Å². The number of ether oxygens (including phenoxy) is 2. The Balaban J connectivity index is 1.35. The van der Waals surface area contributed by atoms with Gasteiger partial charge in [0.2, 0.25) is 5.60 Å². The molecule has 0 heterocycles. The average molecular weight is 577 g/mol. The number of carboxylic acids is 1. The fourth-order valence-electron chi connectivity index (χ4n) is 10.8. The van der Waals surface area contributed by atoms with Gasteiger partial charge in [0.15, 0.2) is 11.5 Å². The van der Waals surface area contributed by atoms with Crippen molar-refractivity contribution in [2.24, 2.45) is 45.3 Å². The van der Waals surface area contributed by atoms with Crippen LogP contribution < -0.4 is 0 Å². The van der Waals surface area contributed by atoms with Crippen LogP contribution in [0.3, 0.4) is 0 Å². The van der Waals surface area contributed by atoms with Crippen molar-refractivity contribution in [1.82, 2.24) is 0 Å². The molecule has 0 aromatic carbocycles. The fourth-order valence-corrected chi connectivity index (χ4v) is 10.8. The molecule has 2 bridgehead atoms. The summed E-state index contributed by atoms with van der Waals surface area (Å²) in [6.45, 7) is 11.2. The van der Waals surface area contributed by atoms with Crippen molar-refractivity contribution in [3.05, 3.63) is 23.8 Å². The number of alkyl halides is 2. The van der Waals surface area contributed by atoms with E-state index in [2.05, 4.69) is 20.8 Å². The van der Waals surface area contributed by atoms with Crippen molar-refractivity contribution in [3.63, 3.8) is 0 Å². The Morgan fingerprint density at radius 1 is 1.05 bits per heavy atom. The van der Waals surface area contributed by atoms with Gasteiger partial charge in [0.25, 0.3) is 0 Å². The lowest BCUT2D eigenvalue weighted by Gasteiger charge is -2.62. The maximum Gasteiger partial charge on any atom is 0.509 e. The molecule has 226 valence electrons. The van der Waals surface area contributed by atoms with Crippen LogP contribution in [0.15, 0.2) is 23.8 Å². The molecular weight excluding hydrogens is 534 g/mol. The zero-order valence-corrected chi connectivity index (χ0v) is 24.7. The molecule has 7 nitrogen and oxygen atoms in total. The molecule has 0 aliphatic heterocycles. The van der Waals surface area contributed by atoms with E-state index in [1.807, 2.05) is 0 Å². The smallest absolute Gasteiger partial charge is 0.478 e. The summed E-state index contributed by atoms with van der Waals surface area (Å²) in [6.07, 6.45) is 1.04. The summed E-state index contributed by atoms with van der Waals surface area (Å²) in [7, 11) is 0. The average Bonchev–Trinajstić information content (AvgIpc) is 3.32. The number of rotatable bonds is 3. The number of hydrogen-bond donors (Lipinski definition) is 2. The van der Waals surface area contributed by atoms with E-state index >= 15 is 8.78 Å². The maximum atomic E-state index is 17.5. The van der Waals surface area contributed by atoms with Crippen molar-refractivity contribution in [3.8, 4) is 0 Å². The van der Waals surface area contributed by atoms with Gasteiger partial charge in [0, 0.05) is 28.1 Å². The number of allylic oxidation sites excluding steroid dienone is 4. The first-order valence-corrected chi connectivity index (χ1v) is 15.0. The summed E-state index contributed by atoms with van der Waals surface area (Å²) >= 11 is 0.